The lowest BCUT2D eigenvalue weighted by Crippen LogP contribution is -2.40. The summed E-state index contributed by atoms with van der Waals surface area (Å²) in [7, 11) is 0. The largest absolute Gasteiger partial charge is 0.476 e. The van der Waals surface area contributed by atoms with E-state index < -0.39 is 23.1 Å². The number of hydrogen-bond donors (Lipinski definition) is 1. The molecule has 0 radical (unpaired) electrons. The molecule has 0 atom stereocenters. The van der Waals surface area contributed by atoms with E-state index in [1.54, 1.807) is 20.8 Å². The Morgan fingerprint density at radius 3 is 2.33 bits per heavy atom. The predicted molar refractivity (Wildman–Crippen MR) is 77.3 cm³/mol. The highest BCUT2D eigenvalue weighted by Crippen LogP contribution is 2.18. The molecule has 116 valence electrons. The highest BCUT2D eigenvalue weighted by Gasteiger charge is 2.35. The molecular weight excluding hydrogens is 296 g/mol. The number of rotatable bonds is 5. The van der Waals surface area contributed by atoms with Crippen molar-refractivity contribution in [1.82, 2.24) is 4.98 Å². The summed E-state index contributed by atoms with van der Waals surface area (Å²) in [5.74, 6) is -1.93. The Morgan fingerprint density at radius 1 is 1.29 bits per heavy atom. The minimum Gasteiger partial charge on any atom is -0.476 e. The molecule has 0 aliphatic carbocycles. The number of carbonyl (C=O) groups is 2. The van der Waals surface area contributed by atoms with Crippen molar-refractivity contribution in [2.24, 2.45) is 5.16 Å². The first kappa shape index (κ1) is 17.1. The van der Waals surface area contributed by atoms with Crippen LogP contribution in [0.4, 0.5) is 0 Å². The van der Waals surface area contributed by atoms with Crippen molar-refractivity contribution in [2.45, 2.75) is 45.8 Å². The molecule has 0 unspecified atom stereocenters. The van der Waals surface area contributed by atoms with E-state index in [4.69, 9.17) is 14.7 Å². The van der Waals surface area contributed by atoms with E-state index in [2.05, 4.69) is 10.1 Å². The predicted octanol–water partition coefficient (Wildman–Crippen LogP) is 2.07. The molecule has 0 amide bonds. The number of carbonyl (C=O) groups excluding carboxylic acids is 1. The summed E-state index contributed by atoms with van der Waals surface area (Å²) in [5.41, 5.74) is -0.802. The highest BCUT2D eigenvalue weighted by atomic mass is 32.1. The van der Waals surface area contributed by atoms with Gasteiger partial charge in [-0.15, -0.1) is 11.3 Å². The lowest BCUT2D eigenvalue weighted by atomic mass is 10.1. The molecule has 1 aromatic rings. The molecule has 8 heteroatoms. The van der Waals surface area contributed by atoms with Crippen LogP contribution >= 0.6 is 11.3 Å². The summed E-state index contributed by atoms with van der Waals surface area (Å²) >= 11 is 1.23. The first-order valence-electron chi connectivity index (χ1n) is 6.14. The van der Waals surface area contributed by atoms with Crippen molar-refractivity contribution in [1.29, 1.82) is 0 Å². The third-order valence-electron chi connectivity index (χ3n) is 2.13. The van der Waals surface area contributed by atoms with Crippen molar-refractivity contribution in [3.8, 4) is 0 Å². The SMILES string of the molecule is CC(C)(C)OC(=O)C(C)(C)ON=C(C(=O)O)c1cscn1. The summed E-state index contributed by atoms with van der Waals surface area (Å²) in [6, 6.07) is 0. The summed E-state index contributed by atoms with van der Waals surface area (Å²) in [5, 5.41) is 14.2. The average molecular weight is 314 g/mol. The fraction of sp³-hybridized carbons (Fsp3) is 0.538. The summed E-state index contributed by atoms with van der Waals surface area (Å²) in [4.78, 5) is 32.1. The van der Waals surface area contributed by atoms with E-state index in [0.717, 1.165) is 0 Å². The number of nitrogens with zero attached hydrogens (tertiary/aromatic N) is 2. The van der Waals surface area contributed by atoms with Crippen LogP contribution in [0.3, 0.4) is 0 Å². The first-order valence-corrected chi connectivity index (χ1v) is 7.09. The minimum absolute atomic E-state index is 0.174. The number of hydrogen-bond acceptors (Lipinski definition) is 7. The Bertz CT molecular complexity index is 543. The van der Waals surface area contributed by atoms with Crippen molar-refractivity contribution in [3.05, 3.63) is 16.6 Å². The van der Waals surface area contributed by atoms with Crippen molar-refractivity contribution in [2.75, 3.05) is 0 Å². The van der Waals surface area contributed by atoms with Gasteiger partial charge in [0.2, 0.25) is 11.3 Å². The molecule has 7 nitrogen and oxygen atoms in total. The maximum atomic E-state index is 12.0. The monoisotopic (exact) mass is 314 g/mol. The lowest BCUT2D eigenvalue weighted by Gasteiger charge is -2.26. The van der Waals surface area contributed by atoms with Gasteiger partial charge in [0, 0.05) is 5.38 Å². The Kier molecular flexibility index (Phi) is 5.06. The van der Waals surface area contributed by atoms with Crippen LogP contribution in [0.25, 0.3) is 0 Å². The fourth-order valence-electron chi connectivity index (χ4n) is 1.12. The van der Waals surface area contributed by atoms with E-state index in [1.807, 2.05) is 0 Å². The quantitative estimate of drug-likeness (QED) is 0.507. The number of aromatic nitrogens is 1. The van der Waals surface area contributed by atoms with Crippen LogP contribution in [-0.4, -0.2) is 38.9 Å². The fourth-order valence-corrected chi connectivity index (χ4v) is 1.66. The second kappa shape index (κ2) is 6.21. The Morgan fingerprint density at radius 2 is 1.90 bits per heavy atom. The minimum atomic E-state index is -1.41. The summed E-state index contributed by atoms with van der Waals surface area (Å²) in [6.07, 6.45) is 0. The number of aliphatic carboxylic acids is 1. The van der Waals surface area contributed by atoms with Gasteiger partial charge in [-0.05, 0) is 34.6 Å². The van der Waals surface area contributed by atoms with Crippen LogP contribution in [0, 0.1) is 0 Å². The zero-order chi connectivity index (χ0) is 16.3. The topological polar surface area (TPSA) is 98.1 Å². The molecule has 0 saturated heterocycles. The van der Waals surface area contributed by atoms with Crippen LogP contribution in [0.1, 0.15) is 40.3 Å². The van der Waals surface area contributed by atoms with Gasteiger partial charge in [0.15, 0.2) is 0 Å². The van der Waals surface area contributed by atoms with Gasteiger partial charge >= 0.3 is 11.9 Å². The van der Waals surface area contributed by atoms with Gasteiger partial charge in [-0.25, -0.2) is 14.6 Å². The van der Waals surface area contributed by atoms with Gasteiger partial charge in [-0.3, -0.25) is 0 Å². The van der Waals surface area contributed by atoms with Gasteiger partial charge in [-0.2, -0.15) is 0 Å². The second-order valence-electron chi connectivity index (χ2n) is 5.72. The maximum Gasteiger partial charge on any atom is 0.360 e. The number of esters is 1. The molecule has 0 saturated carbocycles. The van der Waals surface area contributed by atoms with E-state index in [0.29, 0.717) is 0 Å². The molecule has 0 aliphatic heterocycles. The number of oxime groups is 1. The molecule has 21 heavy (non-hydrogen) atoms. The third kappa shape index (κ3) is 5.14. The van der Waals surface area contributed by atoms with Gasteiger partial charge in [0.05, 0.1) is 5.51 Å². The lowest BCUT2D eigenvalue weighted by molar-refractivity contribution is -0.179. The highest BCUT2D eigenvalue weighted by molar-refractivity contribution is 7.07. The van der Waals surface area contributed by atoms with Crippen LogP contribution in [0.15, 0.2) is 16.0 Å². The van der Waals surface area contributed by atoms with Crippen molar-refractivity contribution >= 4 is 29.0 Å². The van der Waals surface area contributed by atoms with Gasteiger partial charge in [0.25, 0.3) is 0 Å². The van der Waals surface area contributed by atoms with Crippen molar-refractivity contribution < 1.29 is 24.3 Å². The molecule has 1 aromatic heterocycles. The third-order valence-corrected chi connectivity index (χ3v) is 2.72. The van der Waals surface area contributed by atoms with E-state index >= 15 is 0 Å². The molecule has 0 bridgehead atoms. The Hall–Kier alpha value is -1.96. The smallest absolute Gasteiger partial charge is 0.360 e. The van der Waals surface area contributed by atoms with E-state index in [9.17, 15) is 9.59 Å². The van der Waals surface area contributed by atoms with E-state index in [1.165, 1.54) is 36.1 Å². The number of ether oxygens (including phenoxy) is 1. The van der Waals surface area contributed by atoms with Crippen molar-refractivity contribution in [3.63, 3.8) is 0 Å². The van der Waals surface area contributed by atoms with Crippen LogP contribution < -0.4 is 0 Å². The normalized spacial score (nSPS) is 12.9. The number of thiazole rings is 1. The second-order valence-corrected chi connectivity index (χ2v) is 6.44. The number of carboxylic acid groups (broad SMARTS) is 1. The molecule has 1 rings (SSSR count). The molecule has 1 heterocycles. The van der Waals surface area contributed by atoms with Gasteiger partial charge in [-0.1, -0.05) is 5.16 Å². The van der Waals surface area contributed by atoms with E-state index in [-0.39, 0.29) is 11.4 Å². The van der Waals surface area contributed by atoms with Crippen LogP contribution in [-0.2, 0) is 19.2 Å². The zero-order valence-electron chi connectivity index (χ0n) is 12.5. The Balaban J connectivity index is 2.89. The first-order chi connectivity index (χ1) is 9.53. The number of carboxylic acids is 1. The Labute approximate surface area is 126 Å². The van der Waals surface area contributed by atoms with Gasteiger partial charge < -0.3 is 14.7 Å². The van der Waals surface area contributed by atoms with Crippen LogP contribution in [0.2, 0.25) is 0 Å². The molecule has 0 fully saturated rings. The molecule has 0 aromatic carbocycles. The summed E-state index contributed by atoms with van der Waals surface area (Å²) in [6.45, 7) is 8.07. The van der Waals surface area contributed by atoms with Crippen LogP contribution in [0.5, 0.6) is 0 Å². The zero-order valence-corrected chi connectivity index (χ0v) is 13.4. The molecule has 0 spiro atoms. The standard InChI is InChI=1S/C13H18N2O5S/c1-12(2,3)19-11(18)13(4,5)20-15-9(10(16)17)8-6-21-7-14-8/h6-7H,1-5H3,(H,16,17). The molecular formula is C13H18N2O5S. The molecule has 0 aliphatic rings. The average Bonchev–Trinajstić information content (AvgIpc) is 2.79. The van der Waals surface area contributed by atoms with Gasteiger partial charge in [0.1, 0.15) is 11.3 Å². The molecule has 1 N–H and O–H groups in total. The summed E-state index contributed by atoms with van der Waals surface area (Å²) < 4.78 is 5.19. The maximum absolute atomic E-state index is 12.0.